The first-order chi connectivity index (χ1) is 9.67. The van der Waals surface area contributed by atoms with Gasteiger partial charge in [0.2, 0.25) is 0 Å². The number of Topliss-reactive ketones (excluding diaryl/α,β-unsaturated/α-hetero) is 1. The minimum Gasteiger partial charge on any atom is -0.497 e. The Morgan fingerprint density at radius 1 is 1.25 bits per heavy atom. The van der Waals surface area contributed by atoms with Crippen molar-refractivity contribution in [1.29, 1.82) is 0 Å². The van der Waals surface area contributed by atoms with Gasteiger partial charge in [-0.05, 0) is 43.3 Å². The molecule has 1 aromatic carbocycles. The van der Waals surface area contributed by atoms with Crippen molar-refractivity contribution in [3.05, 3.63) is 52.3 Å². The normalized spacial score (nSPS) is 10.9. The van der Waals surface area contributed by atoms with Gasteiger partial charge in [0.15, 0.2) is 5.78 Å². The number of rotatable bonds is 4. The molecule has 2 aromatic heterocycles. The molecule has 0 bridgehead atoms. The lowest BCUT2D eigenvalue weighted by Crippen LogP contribution is -2.07. The van der Waals surface area contributed by atoms with Gasteiger partial charge in [0.05, 0.1) is 18.5 Å². The van der Waals surface area contributed by atoms with E-state index in [9.17, 15) is 4.79 Å². The number of ether oxygens (including phenoxy) is 1. The van der Waals surface area contributed by atoms with Crippen LogP contribution in [-0.4, -0.2) is 17.5 Å². The Labute approximate surface area is 121 Å². The van der Waals surface area contributed by atoms with Crippen LogP contribution in [-0.2, 0) is 6.54 Å². The average molecular weight is 285 g/mol. The molecule has 2 heterocycles. The van der Waals surface area contributed by atoms with Gasteiger partial charge in [-0.2, -0.15) is 0 Å². The second-order valence-corrected chi connectivity index (χ2v) is 5.99. The lowest BCUT2D eigenvalue weighted by molar-refractivity contribution is 0.0977. The minimum atomic E-state index is 0.149. The van der Waals surface area contributed by atoms with E-state index in [0.29, 0.717) is 6.54 Å². The minimum absolute atomic E-state index is 0.149. The molecular weight excluding hydrogens is 270 g/mol. The number of methoxy groups -OCH3 is 1. The third kappa shape index (κ3) is 2.34. The number of ketones is 1. The van der Waals surface area contributed by atoms with Crippen LogP contribution in [0, 0.1) is 6.92 Å². The molecular formula is C16H15NO2S. The number of aryl methyl sites for hydroxylation is 1. The van der Waals surface area contributed by atoms with Gasteiger partial charge in [-0.15, -0.1) is 11.3 Å². The van der Waals surface area contributed by atoms with Crippen LogP contribution in [0.4, 0.5) is 0 Å². The molecule has 0 saturated heterocycles. The van der Waals surface area contributed by atoms with Gasteiger partial charge in [0.1, 0.15) is 5.75 Å². The molecule has 0 amide bonds. The van der Waals surface area contributed by atoms with Crippen LogP contribution in [0.3, 0.4) is 0 Å². The predicted octanol–water partition coefficient (Wildman–Crippen LogP) is 3.90. The number of fused-ring (bicyclic) bond motifs is 1. The fourth-order valence-corrected chi connectivity index (χ4v) is 3.06. The van der Waals surface area contributed by atoms with E-state index in [4.69, 9.17) is 4.74 Å². The number of thiophene rings is 1. The Bertz CT molecular complexity index is 770. The Hall–Kier alpha value is -2.07. The zero-order chi connectivity index (χ0) is 14.1. The van der Waals surface area contributed by atoms with Gasteiger partial charge in [-0.25, -0.2) is 0 Å². The van der Waals surface area contributed by atoms with Crippen LogP contribution >= 0.6 is 11.3 Å². The van der Waals surface area contributed by atoms with Gasteiger partial charge in [0.25, 0.3) is 0 Å². The van der Waals surface area contributed by atoms with Crippen molar-refractivity contribution in [3.63, 3.8) is 0 Å². The zero-order valence-corrected chi connectivity index (χ0v) is 12.2. The highest BCUT2D eigenvalue weighted by molar-refractivity contribution is 7.14. The Morgan fingerprint density at radius 3 is 2.80 bits per heavy atom. The quantitative estimate of drug-likeness (QED) is 0.681. The summed E-state index contributed by atoms with van der Waals surface area (Å²) in [5.41, 5.74) is 1.05. The number of nitrogens with zero attached hydrogens (tertiary/aromatic N) is 1. The first kappa shape index (κ1) is 12.9. The fourth-order valence-electron chi connectivity index (χ4n) is 2.26. The maximum Gasteiger partial charge on any atom is 0.192 e. The number of carbonyl (C=O) groups is 1. The average Bonchev–Trinajstić information content (AvgIpc) is 3.05. The molecule has 0 atom stereocenters. The van der Waals surface area contributed by atoms with Crippen molar-refractivity contribution < 1.29 is 9.53 Å². The van der Waals surface area contributed by atoms with Crippen molar-refractivity contribution >= 4 is 28.0 Å². The summed E-state index contributed by atoms with van der Waals surface area (Å²) in [7, 11) is 1.65. The summed E-state index contributed by atoms with van der Waals surface area (Å²) in [6.07, 6.45) is 1.95. The highest BCUT2D eigenvalue weighted by Crippen LogP contribution is 2.23. The Balaban J connectivity index is 1.89. The molecule has 0 aliphatic rings. The molecule has 0 aliphatic carbocycles. The maximum absolute atomic E-state index is 12.3. The van der Waals surface area contributed by atoms with Gasteiger partial charge >= 0.3 is 0 Å². The van der Waals surface area contributed by atoms with E-state index in [1.807, 2.05) is 54.1 Å². The van der Waals surface area contributed by atoms with Crippen LogP contribution in [0.2, 0.25) is 0 Å². The van der Waals surface area contributed by atoms with Crippen molar-refractivity contribution in [2.24, 2.45) is 0 Å². The smallest absolute Gasteiger partial charge is 0.192 e. The summed E-state index contributed by atoms with van der Waals surface area (Å²) >= 11 is 1.55. The van der Waals surface area contributed by atoms with Crippen LogP contribution in [0.1, 0.15) is 14.5 Å². The van der Waals surface area contributed by atoms with E-state index in [-0.39, 0.29) is 5.78 Å². The van der Waals surface area contributed by atoms with Gasteiger partial charge < -0.3 is 9.30 Å². The first-order valence-corrected chi connectivity index (χ1v) is 7.21. The lowest BCUT2D eigenvalue weighted by Gasteiger charge is -2.04. The standard InChI is InChI=1S/C16H15NO2S/c1-11-3-6-16(20-11)15(18)10-17-8-7-12-9-13(19-2)4-5-14(12)17/h3-9H,10H2,1-2H3. The summed E-state index contributed by atoms with van der Waals surface area (Å²) in [5.74, 6) is 0.979. The molecule has 0 unspecified atom stereocenters. The molecule has 3 aromatic rings. The molecule has 0 saturated carbocycles. The SMILES string of the molecule is COc1ccc2c(ccn2CC(=O)c2ccc(C)s2)c1. The maximum atomic E-state index is 12.3. The number of aromatic nitrogens is 1. The van der Waals surface area contributed by atoms with E-state index >= 15 is 0 Å². The fraction of sp³-hybridized carbons (Fsp3) is 0.188. The second kappa shape index (κ2) is 5.13. The molecule has 20 heavy (non-hydrogen) atoms. The van der Waals surface area contributed by atoms with Crippen molar-refractivity contribution in [3.8, 4) is 5.75 Å². The topological polar surface area (TPSA) is 31.2 Å². The molecule has 0 aliphatic heterocycles. The second-order valence-electron chi connectivity index (χ2n) is 4.70. The lowest BCUT2D eigenvalue weighted by atomic mass is 10.2. The molecule has 0 radical (unpaired) electrons. The molecule has 102 valence electrons. The summed E-state index contributed by atoms with van der Waals surface area (Å²) in [4.78, 5) is 14.2. The molecule has 0 N–H and O–H groups in total. The van der Waals surface area contributed by atoms with Crippen LogP contribution in [0.5, 0.6) is 5.75 Å². The number of hydrogen-bond donors (Lipinski definition) is 0. The monoisotopic (exact) mass is 285 g/mol. The predicted molar refractivity (Wildman–Crippen MR) is 81.9 cm³/mol. The molecule has 0 fully saturated rings. The molecule has 3 rings (SSSR count). The van der Waals surface area contributed by atoms with Crippen molar-refractivity contribution in [2.75, 3.05) is 7.11 Å². The Kier molecular flexibility index (Phi) is 3.32. The molecule has 0 spiro atoms. The summed E-state index contributed by atoms with van der Waals surface area (Å²) in [6.45, 7) is 2.38. The highest BCUT2D eigenvalue weighted by Gasteiger charge is 2.11. The Morgan fingerprint density at radius 2 is 2.10 bits per heavy atom. The molecule has 3 nitrogen and oxygen atoms in total. The van der Waals surface area contributed by atoms with E-state index in [0.717, 1.165) is 26.4 Å². The van der Waals surface area contributed by atoms with E-state index in [2.05, 4.69) is 0 Å². The third-order valence-corrected chi connectivity index (χ3v) is 4.35. The van der Waals surface area contributed by atoms with Crippen LogP contribution < -0.4 is 4.74 Å². The molecule has 4 heteroatoms. The van der Waals surface area contributed by atoms with E-state index in [1.165, 1.54) is 0 Å². The van der Waals surface area contributed by atoms with E-state index < -0.39 is 0 Å². The van der Waals surface area contributed by atoms with Crippen molar-refractivity contribution in [2.45, 2.75) is 13.5 Å². The highest BCUT2D eigenvalue weighted by atomic mass is 32.1. The van der Waals surface area contributed by atoms with Crippen LogP contribution in [0.25, 0.3) is 10.9 Å². The summed E-state index contributed by atoms with van der Waals surface area (Å²) < 4.78 is 7.19. The van der Waals surface area contributed by atoms with Crippen LogP contribution in [0.15, 0.2) is 42.6 Å². The zero-order valence-electron chi connectivity index (χ0n) is 11.4. The van der Waals surface area contributed by atoms with Gasteiger partial charge in [0, 0.05) is 22.0 Å². The van der Waals surface area contributed by atoms with Crippen molar-refractivity contribution in [1.82, 2.24) is 4.57 Å². The third-order valence-electron chi connectivity index (χ3n) is 3.31. The summed E-state index contributed by atoms with van der Waals surface area (Å²) in [6, 6.07) is 11.8. The van der Waals surface area contributed by atoms with Gasteiger partial charge in [-0.3, -0.25) is 4.79 Å². The van der Waals surface area contributed by atoms with E-state index in [1.54, 1.807) is 18.4 Å². The summed E-state index contributed by atoms with van der Waals surface area (Å²) in [5, 5.41) is 1.08. The van der Waals surface area contributed by atoms with Gasteiger partial charge in [-0.1, -0.05) is 0 Å². The number of hydrogen-bond acceptors (Lipinski definition) is 3. The first-order valence-electron chi connectivity index (χ1n) is 6.40. The number of carbonyl (C=O) groups excluding carboxylic acids is 1. The number of benzene rings is 1. The largest absolute Gasteiger partial charge is 0.497 e.